The molecule has 0 aliphatic carbocycles. The summed E-state index contributed by atoms with van der Waals surface area (Å²) in [5.74, 6) is 0.545. The third-order valence-corrected chi connectivity index (χ3v) is 4.86. The largest absolute Gasteiger partial charge is 0.381 e. The van der Waals surface area contributed by atoms with Crippen molar-refractivity contribution >= 4 is 10.0 Å². The van der Waals surface area contributed by atoms with Crippen LogP contribution in [0.4, 0.5) is 0 Å². The maximum absolute atomic E-state index is 12.0. The number of rotatable bonds is 7. The fraction of sp³-hybridized carbons (Fsp3) is 1.00. The van der Waals surface area contributed by atoms with Gasteiger partial charge in [-0.1, -0.05) is 0 Å². The van der Waals surface area contributed by atoms with E-state index in [1.807, 2.05) is 14.0 Å². The van der Waals surface area contributed by atoms with Crippen LogP contribution in [0.2, 0.25) is 0 Å². The van der Waals surface area contributed by atoms with Crippen LogP contribution in [0.1, 0.15) is 19.8 Å². The first-order valence-corrected chi connectivity index (χ1v) is 7.91. The van der Waals surface area contributed by atoms with E-state index < -0.39 is 10.0 Å². The molecule has 1 aliphatic heterocycles. The van der Waals surface area contributed by atoms with Gasteiger partial charge in [-0.2, -0.15) is 0 Å². The van der Waals surface area contributed by atoms with Crippen molar-refractivity contribution in [1.29, 1.82) is 0 Å². The summed E-state index contributed by atoms with van der Waals surface area (Å²) in [6.07, 6.45) is 2.07. The van der Waals surface area contributed by atoms with Crippen LogP contribution in [0.5, 0.6) is 0 Å². The molecule has 1 rings (SSSR count). The molecule has 0 amide bonds. The van der Waals surface area contributed by atoms with E-state index in [1.54, 1.807) is 4.31 Å². The van der Waals surface area contributed by atoms with E-state index in [0.717, 1.165) is 19.4 Å². The second-order valence-electron chi connectivity index (χ2n) is 4.44. The SMILES string of the molecule is CCOCCS(=O)(=O)N1CCCC(CNC)C1. The van der Waals surface area contributed by atoms with Gasteiger partial charge in [-0.3, -0.25) is 0 Å². The van der Waals surface area contributed by atoms with Crippen molar-refractivity contribution in [2.24, 2.45) is 5.92 Å². The Bertz CT molecular complexity index is 304. The van der Waals surface area contributed by atoms with Crippen molar-refractivity contribution in [3.63, 3.8) is 0 Å². The molecule has 0 saturated carbocycles. The molecule has 1 atom stereocenters. The Morgan fingerprint density at radius 3 is 2.88 bits per heavy atom. The molecule has 17 heavy (non-hydrogen) atoms. The first kappa shape index (κ1) is 14.9. The van der Waals surface area contributed by atoms with Gasteiger partial charge in [0, 0.05) is 19.7 Å². The van der Waals surface area contributed by atoms with Gasteiger partial charge in [0.25, 0.3) is 0 Å². The molecule has 0 aromatic heterocycles. The molecule has 1 fully saturated rings. The van der Waals surface area contributed by atoms with E-state index in [0.29, 0.717) is 32.2 Å². The zero-order valence-corrected chi connectivity index (χ0v) is 11.6. The lowest BCUT2D eigenvalue weighted by Crippen LogP contribution is -2.43. The van der Waals surface area contributed by atoms with Crippen LogP contribution in [-0.2, 0) is 14.8 Å². The van der Waals surface area contributed by atoms with E-state index >= 15 is 0 Å². The van der Waals surface area contributed by atoms with Crippen LogP contribution in [-0.4, -0.2) is 58.4 Å². The van der Waals surface area contributed by atoms with Gasteiger partial charge in [0.2, 0.25) is 10.0 Å². The fourth-order valence-corrected chi connectivity index (χ4v) is 3.60. The highest BCUT2D eigenvalue weighted by molar-refractivity contribution is 7.89. The van der Waals surface area contributed by atoms with Crippen LogP contribution >= 0.6 is 0 Å². The van der Waals surface area contributed by atoms with Gasteiger partial charge in [0.1, 0.15) is 0 Å². The van der Waals surface area contributed by atoms with Gasteiger partial charge in [-0.05, 0) is 39.3 Å². The summed E-state index contributed by atoms with van der Waals surface area (Å²) in [6, 6.07) is 0. The third-order valence-electron chi connectivity index (χ3n) is 3.06. The quantitative estimate of drug-likeness (QED) is 0.671. The third kappa shape index (κ3) is 4.91. The predicted molar refractivity (Wildman–Crippen MR) is 68.5 cm³/mol. The molecule has 0 radical (unpaired) electrons. The molecule has 5 nitrogen and oxygen atoms in total. The van der Waals surface area contributed by atoms with Crippen molar-refractivity contribution < 1.29 is 13.2 Å². The van der Waals surface area contributed by atoms with Crippen LogP contribution in [0.25, 0.3) is 0 Å². The maximum atomic E-state index is 12.0. The van der Waals surface area contributed by atoms with Crippen molar-refractivity contribution in [2.45, 2.75) is 19.8 Å². The Kier molecular flexibility index (Phi) is 6.40. The number of hydrogen-bond donors (Lipinski definition) is 1. The zero-order chi connectivity index (χ0) is 12.7. The molecule has 1 saturated heterocycles. The molecular formula is C11H24N2O3S. The summed E-state index contributed by atoms with van der Waals surface area (Å²) in [7, 11) is -1.22. The topological polar surface area (TPSA) is 58.6 Å². The lowest BCUT2D eigenvalue weighted by molar-refractivity contribution is 0.161. The molecule has 1 aliphatic rings. The molecule has 6 heteroatoms. The Labute approximate surface area is 105 Å². The first-order valence-electron chi connectivity index (χ1n) is 6.30. The highest BCUT2D eigenvalue weighted by atomic mass is 32.2. The van der Waals surface area contributed by atoms with Gasteiger partial charge in [-0.15, -0.1) is 0 Å². The average Bonchev–Trinajstić information content (AvgIpc) is 2.30. The summed E-state index contributed by atoms with van der Waals surface area (Å²) in [5, 5.41) is 3.12. The second kappa shape index (κ2) is 7.31. The van der Waals surface area contributed by atoms with E-state index in [2.05, 4.69) is 5.32 Å². The van der Waals surface area contributed by atoms with Crippen molar-refractivity contribution in [2.75, 3.05) is 45.6 Å². The first-order chi connectivity index (χ1) is 8.10. The minimum atomic E-state index is -3.13. The number of nitrogens with zero attached hydrogens (tertiary/aromatic N) is 1. The Hall–Kier alpha value is -0.170. The molecule has 1 N–H and O–H groups in total. The lowest BCUT2D eigenvalue weighted by Gasteiger charge is -2.31. The Morgan fingerprint density at radius 2 is 2.24 bits per heavy atom. The number of nitrogens with one attached hydrogen (secondary N) is 1. The maximum Gasteiger partial charge on any atom is 0.216 e. The van der Waals surface area contributed by atoms with Gasteiger partial charge in [0.05, 0.1) is 12.4 Å². The summed E-state index contributed by atoms with van der Waals surface area (Å²) in [5.41, 5.74) is 0. The average molecular weight is 264 g/mol. The number of ether oxygens (including phenoxy) is 1. The fourth-order valence-electron chi connectivity index (χ4n) is 2.17. The van der Waals surface area contributed by atoms with E-state index in [1.165, 1.54) is 0 Å². The highest BCUT2D eigenvalue weighted by Gasteiger charge is 2.28. The van der Waals surface area contributed by atoms with E-state index in [4.69, 9.17) is 4.74 Å². The molecule has 1 heterocycles. The van der Waals surface area contributed by atoms with Crippen molar-refractivity contribution in [3.05, 3.63) is 0 Å². The molecular weight excluding hydrogens is 240 g/mol. The summed E-state index contributed by atoms with van der Waals surface area (Å²) < 4.78 is 30.8. The molecule has 0 aromatic rings. The van der Waals surface area contributed by atoms with Crippen molar-refractivity contribution in [3.8, 4) is 0 Å². The minimum Gasteiger partial charge on any atom is -0.381 e. The lowest BCUT2D eigenvalue weighted by atomic mass is 10.00. The minimum absolute atomic E-state index is 0.104. The van der Waals surface area contributed by atoms with Crippen LogP contribution in [0, 0.1) is 5.92 Å². The predicted octanol–water partition coefficient (Wildman–Crippen LogP) is 0.284. The summed E-state index contributed by atoms with van der Waals surface area (Å²) in [6.45, 7) is 4.93. The monoisotopic (exact) mass is 264 g/mol. The second-order valence-corrected chi connectivity index (χ2v) is 6.53. The van der Waals surface area contributed by atoms with Crippen LogP contribution < -0.4 is 5.32 Å². The van der Waals surface area contributed by atoms with Gasteiger partial charge < -0.3 is 10.1 Å². The molecule has 1 unspecified atom stereocenters. The Balaban J connectivity index is 2.46. The summed E-state index contributed by atoms with van der Waals surface area (Å²) in [4.78, 5) is 0. The van der Waals surface area contributed by atoms with Gasteiger partial charge >= 0.3 is 0 Å². The van der Waals surface area contributed by atoms with Gasteiger partial charge in [0.15, 0.2) is 0 Å². The summed E-state index contributed by atoms with van der Waals surface area (Å²) >= 11 is 0. The van der Waals surface area contributed by atoms with Gasteiger partial charge in [-0.25, -0.2) is 12.7 Å². The molecule has 102 valence electrons. The highest BCUT2D eigenvalue weighted by Crippen LogP contribution is 2.18. The van der Waals surface area contributed by atoms with E-state index in [-0.39, 0.29) is 5.75 Å². The van der Waals surface area contributed by atoms with Crippen LogP contribution in [0.15, 0.2) is 0 Å². The molecule has 0 bridgehead atoms. The number of piperidine rings is 1. The standard InChI is InChI=1S/C11H24N2O3S/c1-3-16-7-8-17(14,15)13-6-4-5-11(10-13)9-12-2/h11-12H,3-10H2,1-2H3. The molecule has 0 aromatic carbocycles. The number of hydrogen-bond acceptors (Lipinski definition) is 4. The normalized spacial score (nSPS) is 22.8. The Morgan fingerprint density at radius 1 is 1.47 bits per heavy atom. The van der Waals surface area contributed by atoms with Crippen molar-refractivity contribution in [1.82, 2.24) is 9.62 Å². The smallest absolute Gasteiger partial charge is 0.216 e. The zero-order valence-electron chi connectivity index (χ0n) is 10.8. The molecule has 0 spiro atoms. The van der Waals surface area contributed by atoms with E-state index in [9.17, 15) is 8.42 Å². The number of sulfonamides is 1. The van der Waals surface area contributed by atoms with Crippen LogP contribution in [0.3, 0.4) is 0 Å².